The zero-order chi connectivity index (χ0) is 17.6. The maximum atomic E-state index is 13.2. The number of rotatable bonds is 3. The minimum Gasteiger partial charge on any atom is -0.341 e. The smallest absolute Gasteiger partial charge is 0.276 e. The molecule has 2 aromatic heterocycles. The van der Waals surface area contributed by atoms with Crippen LogP contribution in [0.2, 0.25) is 0 Å². The highest BCUT2D eigenvalue weighted by Gasteiger charge is 2.29. The first-order chi connectivity index (χ1) is 12.1. The summed E-state index contributed by atoms with van der Waals surface area (Å²) >= 11 is 1.59. The lowest BCUT2D eigenvalue weighted by atomic mass is 10.1. The van der Waals surface area contributed by atoms with Crippen LogP contribution in [0.1, 0.15) is 37.9 Å². The zero-order valence-corrected chi connectivity index (χ0v) is 15.3. The van der Waals surface area contributed by atoms with Gasteiger partial charge in [0.2, 0.25) is 5.91 Å². The Kier molecular flexibility index (Phi) is 4.07. The summed E-state index contributed by atoms with van der Waals surface area (Å²) in [5.74, 6) is 0.0212. The second-order valence-corrected chi connectivity index (χ2v) is 7.65. The molecule has 1 saturated heterocycles. The fourth-order valence-electron chi connectivity index (χ4n) is 3.69. The highest BCUT2D eigenvalue weighted by Crippen LogP contribution is 2.33. The summed E-state index contributed by atoms with van der Waals surface area (Å²) in [6.07, 6.45) is 2.64. The molecule has 1 amide bonds. The summed E-state index contributed by atoms with van der Waals surface area (Å²) in [5, 5.41) is 6.18. The number of aryl methyl sites for hydroxylation is 1. The molecule has 130 valence electrons. The monoisotopic (exact) mass is 355 g/mol. The second kappa shape index (κ2) is 6.26. The Labute approximate surface area is 149 Å². The van der Waals surface area contributed by atoms with Gasteiger partial charge in [0.15, 0.2) is 0 Å². The van der Waals surface area contributed by atoms with Gasteiger partial charge in [-0.2, -0.15) is 5.10 Å². The second-order valence-electron chi connectivity index (χ2n) is 6.59. The average molecular weight is 355 g/mol. The highest BCUT2D eigenvalue weighted by molar-refractivity contribution is 7.26. The molecule has 4 rings (SSSR count). The molecule has 3 aromatic rings. The van der Waals surface area contributed by atoms with Crippen LogP contribution in [0.3, 0.4) is 0 Å². The summed E-state index contributed by atoms with van der Waals surface area (Å²) in [7, 11) is 0. The number of hydrogen-bond acceptors (Lipinski definition) is 4. The van der Waals surface area contributed by atoms with Crippen LogP contribution in [0.4, 0.5) is 0 Å². The minimum absolute atomic E-state index is 0.0212. The van der Waals surface area contributed by atoms with E-state index < -0.39 is 6.04 Å². The van der Waals surface area contributed by atoms with Gasteiger partial charge in [-0.05, 0) is 32.3 Å². The van der Waals surface area contributed by atoms with Crippen LogP contribution in [0.5, 0.6) is 0 Å². The molecule has 0 N–H and O–H groups in total. The molecule has 0 saturated carbocycles. The lowest BCUT2D eigenvalue weighted by Crippen LogP contribution is -2.40. The van der Waals surface area contributed by atoms with Crippen molar-refractivity contribution in [3.05, 3.63) is 40.3 Å². The summed E-state index contributed by atoms with van der Waals surface area (Å²) in [6.45, 7) is 5.43. The van der Waals surface area contributed by atoms with Gasteiger partial charge in [0.1, 0.15) is 6.04 Å². The van der Waals surface area contributed by atoms with E-state index in [9.17, 15) is 9.59 Å². The van der Waals surface area contributed by atoms with Gasteiger partial charge < -0.3 is 4.90 Å². The van der Waals surface area contributed by atoms with E-state index in [0.29, 0.717) is 11.8 Å². The van der Waals surface area contributed by atoms with E-state index in [0.717, 1.165) is 46.4 Å². The topological polar surface area (TPSA) is 55.2 Å². The summed E-state index contributed by atoms with van der Waals surface area (Å²) < 4.78 is 3.43. The summed E-state index contributed by atoms with van der Waals surface area (Å²) in [5.41, 5.74) is 0.654. The van der Waals surface area contributed by atoms with Crippen LogP contribution < -0.4 is 5.56 Å². The molecule has 1 atom stereocenters. The largest absolute Gasteiger partial charge is 0.341 e. The van der Waals surface area contributed by atoms with Crippen LogP contribution in [-0.2, 0) is 4.79 Å². The van der Waals surface area contributed by atoms with Gasteiger partial charge in [0.25, 0.3) is 5.56 Å². The molecule has 0 radical (unpaired) electrons. The van der Waals surface area contributed by atoms with Crippen molar-refractivity contribution in [2.24, 2.45) is 0 Å². The molecular weight excluding hydrogens is 334 g/mol. The number of carbonyl (C=O) groups excluding carboxylic acids is 1. The van der Waals surface area contributed by atoms with Crippen LogP contribution in [0.25, 0.3) is 20.2 Å². The van der Waals surface area contributed by atoms with Crippen molar-refractivity contribution < 1.29 is 4.79 Å². The minimum atomic E-state index is -0.521. The lowest BCUT2D eigenvalue weighted by molar-refractivity contribution is -0.134. The Balaban J connectivity index is 1.91. The standard InChI is InChI=1S/C19H21N3O2S/c1-3-14(18(23)21-10-6-7-11-21)22-19(24)16-13-8-4-5-9-15(13)25-17(16)12(2)20-22/h4-5,8-9,14H,3,6-7,10-11H2,1-2H3/t14-/m0/s1. The Hall–Kier alpha value is -2.21. The van der Waals surface area contributed by atoms with E-state index in [1.54, 1.807) is 11.3 Å². The first-order valence-electron chi connectivity index (χ1n) is 8.81. The van der Waals surface area contributed by atoms with Gasteiger partial charge in [0, 0.05) is 23.2 Å². The number of carbonyl (C=O) groups is 1. The third kappa shape index (κ3) is 2.56. The number of hydrogen-bond donors (Lipinski definition) is 0. The number of amides is 1. The molecule has 3 heterocycles. The molecule has 1 aliphatic heterocycles. The molecule has 6 heteroatoms. The molecule has 1 aliphatic rings. The van der Waals surface area contributed by atoms with E-state index in [2.05, 4.69) is 5.10 Å². The van der Waals surface area contributed by atoms with Gasteiger partial charge in [-0.1, -0.05) is 25.1 Å². The van der Waals surface area contributed by atoms with Crippen LogP contribution in [0.15, 0.2) is 29.1 Å². The molecule has 0 aliphatic carbocycles. The van der Waals surface area contributed by atoms with Crippen molar-refractivity contribution >= 4 is 37.4 Å². The van der Waals surface area contributed by atoms with Gasteiger partial charge in [-0.25, -0.2) is 4.68 Å². The molecule has 0 bridgehead atoms. The van der Waals surface area contributed by atoms with Gasteiger partial charge in [-0.3, -0.25) is 9.59 Å². The summed E-state index contributed by atoms with van der Waals surface area (Å²) in [4.78, 5) is 28.0. The third-order valence-corrected chi connectivity index (χ3v) is 6.27. The fourth-order valence-corrected chi connectivity index (χ4v) is 4.83. The number of aromatic nitrogens is 2. The molecular formula is C19H21N3O2S. The van der Waals surface area contributed by atoms with Crippen molar-refractivity contribution in [1.82, 2.24) is 14.7 Å². The van der Waals surface area contributed by atoms with Gasteiger partial charge >= 0.3 is 0 Å². The number of benzene rings is 1. The van der Waals surface area contributed by atoms with Gasteiger partial charge in [-0.15, -0.1) is 11.3 Å². The van der Waals surface area contributed by atoms with Crippen LogP contribution in [-0.4, -0.2) is 33.7 Å². The van der Waals surface area contributed by atoms with Crippen LogP contribution >= 0.6 is 11.3 Å². The zero-order valence-electron chi connectivity index (χ0n) is 14.5. The normalized spacial score (nSPS) is 16.0. The van der Waals surface area contributed by atoms with Crippen molar-refractivity contribution in [1.29, 1.82) is 0 Å². The van der Waals surface area contributed by atoms with Crippen molar-refractivity contribution in [2.45, 2.75) is 39.2 Å². The van der Waals surface area contributed by atoms with Crippen molar-refractivity contribution in [3.8, 4) is 0 Å². The number of nitrogens with zero attached hydrogens (tertiary/aromatic N) is 3. The fraction of sp³-hybridized carbons (Fsp3) is 0.421. The number of fused-ring (bicyclic) bond motifs is 3. The number of thiophene rings is 1. The Bertz CT molecular complexity index is 1010. The molecule has 1 fully saturated rings. The first-order valence-corrected chi connectivity index (χ1v) is 9.63. The Morgan fingerprint density at radius 2 is 2.00 bits per heavy atom. The van der Waals surface area contributed by atoms with E-state index in [4.69, 9.17) is 0 Å². The highest BCUT2D eigenvalue weighted by atomic mass is 32.1. The molecule has 25 heavy (non-hydrogen) atoms. The van der Waals surface area contributed by atoms with Crippen molar-refractivity contribution in [3.63, 3.8) is 0 Å². The van der Waals surface area contributed by atoms with Crippen molar-refractivity contribution in [2.75, 3.05) is 13.1 Å². The molecule has 0 spiro atoms. The maximum absolute atomic E-state index is 13.2. The molecule has 0 unspecified atom stereocenters. The van der Waals surface area contributed by atoms with E-state index in [1.165, 1.54) is 4.68 Å². The van der Waals surface area contributed by atoms with Gasteiger partial charge in [0.05, 0.1) is 15.8 Å². The van der Waals surface area contributed by atoms with E-state index in [-0.39, 0.29) is 11.5 Å². The third-order valence-electron chi connectivity index (χ3n) is 4.99. The van der Waals surface area contributed by atoms with E-state index in [1.807, 2.05) is 43.0 Å². The Morgan fingerprint density at radius 1 is 1.28 bits per heavy atom. The lowest BCUT2D eigenvalue weighted by Gasteiger charge is -2.23. The Morgan fingerprint density at radius 3 is 2.72 bits per heavy atom. The first kappa shape index (κ1) is 16.3. The average Bonchev–Trinajstić information content (AvgIpc) is 3.27. The van der Waals surface area contributed by atoms with E-state index >= 15 is 0 Å². The van der Waals surface area contributed by atoms with Crippen LogP contribution in [0, 0.1) is 6.92 Å². The summed E-state index contributed by atoms with van der Waals surface area (Å²) in [6, 6.07) is 7.40. The SMILES string of the molecule is CC[C@@H](C(=O)N1CCCC1)n1nc(C)c2sc3ccccc3c2c1=O. The predicted octanol–water partition coefficient (Wildman–Crippen LogP) is 3.49. The predicted molar refractivity (Wildman–Crippen MR) is 101 cm³/mol. The quantitative estimate of drug-likeness (QED) is 0.723. The maximum Gasteiger partial charge on any atom is 0.276 e. The number of likely N-dealkylation sites (tertiary alicyclic amines) is 1. The molecule has 1 aromatic carbocycles. The molecule has 5 nitrogen and oxygen atoms in total.